The number of aliphatic imine (C=N–C) groups is 1. The first-order valence-electron chi connectivity index (χ1n) is 8.97. The van der Waals surface area contributed by atoms with E-state index >= 15 is 0 Å². The molecule has 0 saturated heterocycles. The maximum absolute atomic E-state index is 12.6. The van der Waals surface area contributed by atoms with Crippen molar-refractivity contribution in [1.82, 2.24) is 10.6 Å². The summed E-state index contributed by atoms with van der Waals surface area (Å²) in [6.07, 6.45) is 1.86. The van der Waals surface area contributed by atoms with Gasteiger partial charge in [-0.2, -0.15) is 0 Å². The lowest BCUT2D eigenvalue weighted by atomic mass is 10.2. The molecular weight excluding hydrogens is 471 g/mol. The molecular formula is C20H27IN4OS. The van der Waals surface area contributed by atoms with Gasteiger partial charge in [0.1, 0.15) is 0 Å². The number of nitrogens with one attached hydrogen (secondary N) is 2. The van der Waals surface area contributed by atoms with Crippen molar-refractivity contribution in [2.24, 2.45) is 4.99 Å². The van der Waals surface area contributed by atoms with Crippen molar-refractivity contribution in [3.63, 3.8) is 0 Å². The van der Waals surface area contributed by atoms with Gasteiger partial charge in [-0.3, -0.25) is 9.79 Å². The number of hydrogen-bond donors (Lipinski definition) is 2. The van der Waals surface area contributed by atoms with Crippen LogP contribution >= 0.6 is 35.3 Å². The minimum Gasteiger partial charge on any atom is -0.354 e. The maximum atomic E-state index is 12.6. The monoisotopic (exact) mass is 498 g/mol. The number of benzene rings is 1. The lowest BCUT2D eigenvalue weighted by molar-refractivity contribution is -0.117. The number of para-hydroxylation sites is 1. The van der Waals surface area contributed by atoms with Gasteiger partial charge < -0.3 is 15.5 Å². The number of amides is 1. The number of rotatable bonds is 5. The average molecular weight is 498 g/mol. The molecule has 0 fully saturated rings. The van der Waals surface area contributed by atoms with E-state index in [1.54, 1.807) is 7.05 Å². The summed E-state index contributed by atoms with van der Waals surface area (Å²) in [5.41, 5.74) is 2.27. The molecule has 1 aliphatic heterocycles. The molecule has 146 valence electrons. The lowest BCUT2D eigenvalue weighted by Crippen LogP contribution is -2.47. The van der Waals surface area contributed by atoms with Crippen LogP contribution in [0.25, 0.3) is 0 Å². The van der Waals surface area contributed by atoms with Crippen LogP contribution in [0.15, 0.2) is 41.4 Å². The largest absolute Gasteiger partial charge is 0.354 e. The van der Waals surface area contributed by atoms with Crippen molar-refractivity contribution in [2.45, 2.75) is 32.7 Å². The molecule has 0 radical (unpaired) electrons. The summed E-state index contributed by atoms with van der Waals surface area (Å²) < 4.78 is 0. The number of aryl methyl sites for hydroxylation is 1. The van der Waals surface area contributed by atoms with E-state index in [1.807, 2.05) is 34.4 Å². The quantitative estimate of drug-likeness (QED) is 0.378. The molecule has 1 aliphatic rings. The van der Waals surface area contributed by atoms with Crippen LogP contribution in [0.2, 0.25) is 0 Å². The van der Waals surface area contributed by atoms with E-state index in [1.165, 1.54) is 15.3 Å². The van der Waals surface area contributed by atoms with Crippen LogP contribution in [-0.2, 0) is 17.6 Å². The predicted octanol–water partition coefficient (Wildman–Crippen LogP) is 3.36. The number of carbonyl (C=O) groups excluding carboxylic acids is 1. The first-order valence-corrected chi connectivity index (χ1v) is 9.79. The Kier molecular flexibility index (Phi) is 8.09. The number of nitrogens with zero attached hydrogens (tertiary/aromatic N) is 2. The smallest absolute Gasteiger partial charge is 0.246 e. The number of thiophene rings is 1. The van der Waals surface area contributed by atoms with E-state index in [0.29, 0.717) is 5.96 Å². The minimum absolute atomic E-state index is 0. The van der Waals surface area contributed by atoms with Crippen LogP contribution in [0, 0.1) is 6.92 Å². The Balaban J connectivity index is 0.00000261. The van der Waals surface area contributed by atoms with Crippen molar-refractivity contribution < 1.29 is 4.79 Å². The molecule has 1 atom stereocenters. The van der Waals surface area contributed by atoms with E-state index in [9.17, 15) is 4.79 Å². The molecule has 0 aliphatic carbocycles. The normalized spacial score (nSPS) is 14.3. The molecule has 0 bridgehead atoms. The second-order valence-electron chi connectivity index (χ2n) is 6.61. The third kappa shape index (κ3) is 5.68. The summed E-state index contributed by atoms with van der Waals surface area (Å²) in [5.74, 6) is 0.728. The van der Waals surface area contributed by atoms with E-state index < -0.39 is 0 Å². The van der Waals surface area contributed by atoms with Crippen molar-refractivity contribution in [1.29, 1.82) is 0 Å². The van der Waals surface area contributed by atoms with Gasteiger partial charge in [0.05, 0.1) is 6.54 Å². The molecule has 5 nitrogen and oxygen atoms in total. The predicted molar refractivity (Wildman–Crippen MR) is 125 cm³/mol. The number of fused-ring (bicyclic) bond motifs is 1. The third-order valence-corrected chi connectivity index (χ3v) is 5.53. The van der Waals surface area contributed by atoms with E-state index in [4.69, 9.17) is 0 Å². The van der Waals surface area contributed by atoms with E-state index in [-0.39, 0.29) is 42.5 Å². The molecule has 2 heterocycles. The Labute approximate surface area is 182 Å². The number of halogens is 1. The van der Waals surface area contributed by atoms with Crippen LogP contribution < -0.4 is 15.5 Å². The van der Waals surface area contributed by atoms with Crippen LogP contribution in [0.3, 0.4) is 0 Å². The second kappa shape index (κ2) is 10.1. The van der Waals surface area contributed by atoms with Gasteiger partial charge >= 0.3 is 0 Å². The van der Waals surface area contributed by atoms with Crippen molar-refractivity contribution in [3.8, 4) is 0 Å². The molecule has 2 N–H and O–H groups in total. The molecule has 1 amide bonds. The Morgan fingerprint density at radius 3 is 2.78 bits per heavy atom. The standard InChI is InChI=1S/C20H26N4OS.HI/c1-14(12-17-9-8-15(2)26-17)23-20(21-3)22-13-19(25)24-11-10-16-6-4-5-7-18(16)24;/h4-9,14H,10-13H2,1-3H3,(H2,21,22,23);1H. The molecule has 7 heteroatoms. The summed E-state index contributed by atoms with van der Waals surface area (Å²) in [6, 6.07) is 12.7. The van der Waals surface area contributed by atoms with Crippen LogP contribution in [0.1, 0.15) is 22.2 Å². The Morgan fingerprint density at radius 2 is 2.07 bits per heavy atom. The summed E-state index contributed by atoms with van der Waals surface area (Å²) in [7, 11) is 1.73. The fourth-order valence-corrected chi connectivity index (χ4v) is 4.25. The van der Waals surface area contributed by atoms with Crippen molar-refractivity contribution >= 4 is 52.9 Å². The summed E-state index contributed by atoms with van der Waals surface area (Å²) in [5, 5.41) is 6.51. The first-order chi connectivity index (χ1) is 12.6. The molecule has 27 heavy (non-hydrogen) atoms. The number of guanidine groups is 1. The second-order valence-corrected chi connectivity index (χ2v) is 7.98. The van der Waals surface area contributed by atoms with Crippen LogP contribution in [0.5, 0.6) is 0 Å². The lowest BCUT2D eigenvalue weighted by Gasteiger charge is -2.20. The molecule has 2 aromatic rings. The van der Waals surface area contributed by atoms with Gasteiger partial charge in [-0.25, -0.2) is 0 Å². The van der Waals surface area contributed by atoms with Gasteiger partial charge in [-0.1, -0.05) is 18.2 Å². The molecule has 1 unspecified atom stereocenters. The van der Waals surface area contributed by atoms with Gasteiger partial charge in [0.2, 0.25) is 5.91 Å². The fraction of sp³-hybridized carbons (Fsp3) is 0.400. The molecule has 3 rings (SSSR count). The molecule has 1 aromatic heterocycles. The number of carbonyl (C=O) groups is 1. The summed E-state index contributed by atoms with van der Waals surface area (Å²) in [4.78, 5) is 21.4. The first kappa shape index (κ1) is 21.7. The highest BCUT2D eigenvalue weighted by atomic mass is 127. The van der Waals surface area contributed by atoms with Crippen molar-refractivity contribution in [2.75, 3.05) is 25.0 Å². The molecule has 0 saturated carbocycles. The summed E-state index contributed by atoms with van der Waals surface area (Å²) >= 11 is 1.82. The zero-order valence-electron chi connectivity index (χ0n) is 16.0. The molecule has 1 aromatic carbocycles. The Bertz CT molecular complexity index is 805. The van der Waals surface area contributed by atoms with Gasteiger partial charge in [0.15, 0.2) is 5.96 Å². The molecule has 0 spiro atoms. The average Bonchev–Trinajstić information content (AvgIpc) is 3.24. The van der Waals surface area contributed by atoms with Gasteiger partial charge in [0.25, 0.3) is 0 Å². The topological polar surface area (TPSA) is 56.7 Å². The van der Waals surface area contributed by atoms with Crippen LogP contribution in [-0.4, -0.2) is 38.0 Å². The number of hydrogen-bond acceptors (Lipinski definition) is 3. The van der Waals surface area contributed by atoms with E-state index in [0.717, 1.165) is 25.1 Å². The highest BCUT2D eigenvalue weighted by Gasteiger charge is 2.24. The third-order valence-electron chi connectivity index (χ3n) is 4.51. The zero-order chi connectivity index (χ0) is 18.5. The van der Waals surface area contributed by atoms with Crippen LogP contribution in [0.4, 0.5) is 5.69 Å². The van der Waals surface area contributed by atoms with Crippen molar-refractivity contribution in [3.05, 3.63) is 51.7 Å². The minimum atomic E-state index is 0. The Hall–Kier alpha value is -1.61. The maximum Gasteiger partial charge on any atom is 0.246 e. The van der Waals surface area contributed by atoms with E-state index in [2.05, 4.69) is 47.7 Å². The Morgan fingerprint density at radius 1 is 1.30 bits per heavy atom. The van der Waals surface area contributed by atoms with Gasteiger partial charge in [0, 0.05) is 41.5 Å². The highest BCUT2D eigenvalue weighted by Crippen LogP contribution is 2.27. The van der Waals surface area contributed by atoms with Gasteiger partial charge in [-0.15, -0.1) is 35.3 Å². The zero-order valence-corrected chi connectivity index (χ0v) is 19.1. The SMILES string of the molecule is CN=C(NCC(=O)N1CCc2ccccc21)NC(C)Cc1ccc(C)s1.I. The fourth-order valence-electron chi connectivity index (χ4n) is 3.23. The van der Waals surface area contributed by atoms with Gasteiger partial charge in [-0.05, 0) is 44.0 Å². The number of anilines is 1. The summed E-state index contributed by atoms with van der Waals surface area (Å²) in [6.45, 7) is 5.23. The highest BCUT2D eigenvalue weighted by molar-refractivity contribution is 14.0.